The van der Waals surface area contributed by atoms with Gasteiger partial charge in [-0.15, -0.1) is 0 Å². The van der Waals surface area contributed by atoms with Gasteiger partial charge in [0.25, 0.3) is 0 Å². The molecule has 0 fully saturated rings. The molecule has 0 amide bonds. The van der Waals surface area contributed by atoms with Gasteiger partial charge >= 0.3 is 0 Å². The van der Waals surface area contributed by atoms with Crippen LogP contribution in [0.2, 0.25) is 0 Å². The van der Waals surface area contributed by atoms with Crippen molar-refractivity contribution in [1.29, 1.82) is 0 Å². The van der Waals surface area contributed by atoms with Gasteiger partial charge in [-0.3, -0.25) is 0 Å². The molecule has 0 aliphatic carbocycles. The first-order valence-electron chi connectivity index (χ1n) is 8.24. The lowest BCUT2D eigenvalue weighted by atomic mass is 9.94. The number of benzene rings is 4. The first-order chi connectivity index (χ1) is 11.2. The van der Waals surface area contributed by atoms with Crippen LogP contribution in [0.3, 0.4) is 0 Å². The van der Waals surface area contributed by atoms with Gasteiger partial charge in [0.1, 0.15) is 0 Å². The lowest BCUT2D eigenvalue weighted by Crippen LogP contribution is -1.87. The Morgan fingerprint density at radius 3 is 1.91 bits per heavy atom. The second-order valence-corrected chi connectivity index (χ2v) is 6.50. The minimum absolute atomic E-state index is 0.565. The van der Waals surface area contributed by atoms with Crippen molar-refractivity contribution < 1.29 is 0 Å². The van der Waals surface area contributed by atoms with E-state index in [1.807, 2.05) is 0 Å². The zero-order valence-corrected chi connectivity index (χ0v) is 13.6. The van der Waals surface area contributed by atoms with Crippen LogP contribution in [0, 0.1) is 0 Å². The van der Waals surface area contributed by atoms with Crippen molar-refractivity contribution in [1.82, 2.24) is 0 Å². The van der Waals surface area contributed by atoms with Crippen LogP contribution in [0.15, 0.2) is 78.9 Å². The Kier molecular flexibility index (Phi) is 3.38. The maximum atomic E-state index is 2.32. The third kappa shape index (κ3) is 2.51. The molecular formula is C23H20. The molecule has 0 heteroatoms. The zero-order valence-electron chi connectivity index (χ0n) is 13.6. The van der Waals surface area contributed by atoms with Crippen LogP contribution in [0.25, 0.3) is 32.7 Å². The number of hydrogen-bond donors (Lipinski definition) is 0. The molecular weight excluding hydrogens is 276 g/mol. The molecule has 0 spiro atoms. The van der Waals surface area contributed by atoms with Crippen molar-refractivity contribution in [2.75, 3.05) is 0 Å². The van der Waals surface area contributed by atoms with E-state index in [1.54, 1.807) is 0 Å². The number of rotatable bonds is 2. The Morgan fingerprint density at radius 2 is 1.22 bits per heavy atom. The highest BCUT2D eigenvalue weighted by Crippen LogP contribution is 2.31. The molecule has 112 valence electrons. The fourth-order valence-electron chi connectivity index (χ4n) is 3.26. The Labute approximate surface area is 137 Å². The second kappa shape index (κ2) is 5.55. The molecule has 4 aromatic rings. The monoisotopic (exact) mass is 296 g/mol. The van der Waals surface area contributed by atoms with E-state index in [9.17, 15) is 0 Å². The summed E-state index contributed by atoms with van der Waals surface area (Å²) in [5.41, 5.74) is 3.94. The Bertz CT molecular complexity index is 979. The number of hydrogen-bond acceptors (Lipinski definition) is 0. The van der Waals surface area contributed by atoms with E-state index in [2.05, 4.69) is 92.7 Å². The Hall–Kier alpha value is -2.60. The van der Waals surface area contributed by atoms with Crippen LogP contribution >= 0.6 is 0 Å². The van der Waals surface area contributed by atoms with Crippen LogP contribution < -0.4 is 0 Å². The molecule has 0 aliphatic heterocycles. The SMILES string of the molecule is CC(C)c1ccc2c(ccc3cc(-c4ccccc4)ccc32)c1. The van der Waals surface area contributed by atoms with Crippen molar-refractivity contribution in [2.24, 2.45) is 0 Å². The summed E-state index contributed by atoms with van der Waals surface area (Å²) < 4.78 is 0. The minimum Gasteiger partial charge on any atom is -0.0622 e. The summed E-state index contributed by atoms with van der Waals surface area (Å²) in [6, 6.07) is 28.7. The van der Waals surface area contributed by atoms with Crippen LogP contribution in [0.4, 0.5) is 0 Å². The molecule has 0 N–H and O–H groups in total. The molecule has 0 nitrogen and oxygen atoms in total. The molecule has 0 aromatic heterocycles. The van der Waals surface area contributed by atoms with Crippen molar-refractivity contribution in [3.63, 3.8) is 0 Å². The fraction of sp³-hybridized carbons (Fsp3) is 0.130. The minimum atomic E-state index is 0.565. The van der Waals surface area contributed by atoms with E-state index in [-0.39, 0.29) is 0 Å². The molecule has 0 saturated carbocycles. The van der Waals surface area contributed by atoms with Crippen molar-refractivity contribution in [2.45, 2.75) is 19.8 Å². The van der Waals surface area contributed by atoms with Crippen LogP contribution in [0.5, 0.6) is 0 Å². The molecule has 0 radical (unpaired) electrons. The summed E-state index contributed by atoms with van der Waals surface area (Å²) in [4.78, 5) is 0. The van der Waals surface area contributed by atoms with Gasteiger partial charge in [-0.05, 0) is 50.2 Å². The topological polar surface area (TPSA) is 0 Å². The van der Waals surface area contributed by atoms with Crippen molar-refractivity contribution in [3.05, 3.63) is 84.4 Å². The molecule has 23 heavy (non-hydrogen) atoms. The molecule has 0 heterocycles. The average molecular weight is 296 g/mol. The van der Waals surface area contributed by atoms with Gasteiger partial charge in [0, 0.05) is 0 Å². The largest absolute Gasteiger partial charge is 0.0622 e. The highest BCUT2D eigenvalue weighted by molar-refractivity contribution is 6.08. The van der Waals surface area contributed by atoms with E-state index in [0.717, 1.165) is 0 Å². The molecule has 0 atom stereocenters. The van der Waals surface area contributed by atoms with Gasteiger partial charge in [-0.1, -0.05) is 86.6 Å². The zero-order chi connectivity index (χ0) is 15.8. The highest BCUT2D eigenvalue weighted by Gasteiger charge is 2.05. The predicted octanol–water partition coefficient (Wildman–Crippen LogP) is 6.78. The lowest BCUT2D eigenvalue weighted by Gasteiger charge is -2.10. The van der Waals surface area contributed by atoms with Crippen molar-refractivity contribution in [3.8, 4) is 11.1 Å². The van der Waals surface area contributed by atoms with Gasteiger partial charge in [0.2, 0.25) is 0 Å². The Balaban J connectivity index is 1.91. The van der Waals surface area contributed by atoms with Gasteiger partial charge in [-0.25, -0.2) is 0 Å². The van der Waals surface area contributed by atoms with Gasteiger partial charge in [-0.2, -0.15) is 0 Å². The van der Waals surface area contributed by atoms with Crippen LogP contribution in [0.1, 0.15) is 25.3 Å². The summed E-state index contributed by atoms with van der Waals surface area (Å²) in [5.74, 6) is 0.565. The van der Waals surface area contributed by atoms with E-state index >= 15 is 0 Å². The van der Waals surface area contributed by atoms with E-state index in [4.69, 9.17) is 0 Å². The van der Waals surface area contributed by atoms with Crippen molar-refractivity contribution >= 4 is 21.5 Å². The summed E-state index contributed by atoms with van der Waals surface area (Å²) in [7, 11) is 0. The summed E-state index contributed by atoms with van der Waals surface area (Å²) in [6.45, 7) is 4.49. The number of fused-ring (bicyclic) bond motifs is 3. The summed E-state index contributed by atoms with van der Waals surface area (Å²) in [6.07, 6.45) is 0. The van der Waals surface area contributed by atoms with E-state index < -0.39 is 0 Å². The predicted molar refractivity (Wildman–Crippen MR) is 101 cm³/mol. The van der Waals surface area contributed by atoms with E-state index in [0.29, 0.717) is 5.92 Å². The molecule has 0 aliphatic rings. The molecule has 0 bridgehead atoms. The first kappa shape index (κ1) is 14.0. The summed E-state index contributed by atoms with van der Waals surface area (Å²) in [5, 5.41) is 5.30. The van der Waals surface area contributed by atoms with Gasteiger partial charge in [0.05, 0.1) is 0 Å². The smallest absolute Gasteiger partial charge is 0.0105 e. The quantitative estimate of drug-likeness (QED) is 0.357. The summed E-state index contributed by atoms with van der Waals surface area (Å²) >= 11 is 0. The van der Waals surface area contributed by atoms with Gasteiger partial charge in [0.15, 0.2) is 0 Å². The Morgan fingerprint density at radius 1 is 0.565 bits per heavy atom. The standard InChI is InChI=1S/C23H20/c1-16(2)18-10-12-22-20(14-18)8-9-21-15-19(11-13-23(21)22)17-6-4-3-5-7-17/h3-16H,1-2H3. The first-order valence-corrected chi connectivity index (χ1v) is 8.24. The fourth-order valence-corrected chi connectivity index (χ4v) is 3.26. The molecule has 4 rings (SSSR count). The third-order valence-electron chi connectivity index (χ3n) is 4.63. The van der Waals surface area contributed by atoms with E-state index in [1.165, 1.54) is 38.2 Å². The highest BCUT2D eigenvalue weighted by atomic mass is 14.1. The lowest BCUT2D eigenvalue weighted by molar-refractivity contribution is 0.869. The van der Waals surface area contributed by atoms with Crippen LogP contribution in [-0.2, 0) is 0 Å². The normalized spacial score (nSPS) is 11.4. The third-order valence-corrected chi connectivity index (χ3v) is 4.63. The second-order valence-electron chi connectivity index (χ2n) is 6.50. The molecule has 0 unspecified atom stereocenters. The molecule has 0 saturated heterocycles. The van der Waals surface area contributed by atoms with Gasteiger partial charge < -0.3 is 0 Å². The average Bonchev–Trinajstić information content (AvgIpc) is 2.61. The molecule has 4 aromatic carbocycles. The maximum absolute atomic E-state index is 2.32. The maximum Gasteiger partial charge on any atom is -0.0105 e. The van der Waals surface area contributed by atoms with Crippen LogP contribution in [-0.4, -0.2) is 0 Å².